The molecular weight excluding hydrogens is 500 g/mol. The van der Waals surface area contributed by atoms with E-state index in [9.17, 15) is 0 Å². The molecule has 0 aromatic carbocycles. The van der Waals surface area contributed by atoms with E-state index in [4.69, 9.17) is 9.97 Å². The van der Waals surface area contributed by atoms with Gasteiger partial charge in [-0.25, -0.2) is 9.97 Å². The van der Waals surface area contributed by atoms with Crippen LogP contribution in [0.1, 0.15) is 156 Å². The third-order valence-electron chi connectivity index (χ3n) is 9.31. The third kappa shape index (κ3) is 12.3. The van der Waals surface area contributed by atoms with Gasteiger partial charge in [0.05, 0.1) is 11.8 Å². The first kappa shape index (κ1) is 34.0. The predicted molar refractivity (Wildman–Crippen MR) is 181 cm³/mol. The molecule has 0 amide bonds. The van der Waals surface area contributed by atoms with Crippen molar-refractivity contribution >= 4 is 37.3 Å². The van der Waals surface area contributed by atoms with Gasteiger partial charge in [0.25, 0.3) is 0 Å². The Morgan fingerprint density at radius 1 is 0.805 bits per heavy atom. The van der Waals surface area contributed by atoms with Crippen molar-refractivity contribution in [2.75, 3.05) is 18.0 Å². The average Bonchev–Trinajstić information content (AvgIpc) is 3.44. The fourth-order valence-electron chi connectivity index (χ4n) is 6.61. The second-order valence-electron chi connectivity index (χ2n) is 13.3. The van der Waals surface area contributed by atoms with Crippen molar-refractivity contribution in [1.82, 2.24) is 19.9 Å². The number of aromatic nitrogens is 4. The lowest BCUT2D eigenvalue weighted by atomic mass is 9.46. The molecule has 0 spiro atoms. The lowest BCUT2D eigenvalue weighted by Crippen LogP contribution is -2.35. The number of nitrogens with zero attached hydrogens (tertiary/aromatic N) is 4. The largest absolute Gasteiger partial charge is 0.342 e. The van der Waals surface area contributed by atoms with Gasteiger partial charge in [-0.05, 0) is 12.8 Å². The topological polar surface area (TPSA) is 57.7 Å². The Labute approximate surface area is 254 Å². The lowest BCUT2D eigenvalue weighted by Gasteiger charge is -2.31. The first-order chi connectivity index (χ1) is 20.1. The number of anilines is 1. The standard InChI is InChI=1S/C34H61B2N5/c1-5-8-10-11-12-13-17-20-25-35-29-21-18-15-14-16-19-23-34(4,24-22-29)36-31-30-32(38-28-37-30)40-33(39-31)41(26-7-3)27-9-6-2/h28-29H,5-27H2,1-4H3,(H,37,38,39,40). The van der Waals surface area contributed by atoms with Gasteiger partial charge in [-0.1, -0.05) is 161 Å². The Balaban J connectivity index is 1.64. The number of unbranched alkanes of at least 4 members (excludes halogenated alkanes) is 8. The van der Waals surface area contributed by atoms with Gasteiger partial charge in [0, 0.05) is 18.7 Å². The van der Waals surface area contributed by atoms with Gasteiger partial charge in [0.2, 0.25) is 5.95 Å². The zero-order chi connectivity index (χ0) is 29.2. The van der Waals surface area contributed by atoms with Crippen LogP contribution in [0.15, 0.2) is 6.33 Å². The summed E-state index contributed by atoms with van der Waals surface area (Å²) in [5.74, 6) is 1.61. The minimum absolute atomic E-state index is 0.136. The maximum absolute atomic E-state index is 5.20. The molecule has 1 aliphatic carbocycles. The molecule has 2 atom stereocenters. The van der Waals surface area contributed by atoms with Crippen molar-refractivity contribution in [2.24, 2.45) is 0 Å². The zero-order valence-corrected chi connectivity index (χ0v) is 27.4. The summed E-state index contributed by atoms with van der Waals surface area (Å²) < 4.78 is 0. The van der Waals surface area contributed by atoms with Crippen LogP contribution < -0.4 is 10.5 Å². The van der Waals surface area contributed by atoms with E-state index in [-0.39, 0.29) is 5.31 Å². The van der Waals surface area contributed by atoms with Crippen molar-refractivity contribution in [3.63, 3.8) is 0 Å². The molecule has 0 saturated heterocycles. The summed E-state index contributed by atoms with van der Waals surface area (Å²) in [6.07, 6.45) is 29.8. The fourth-order valence-corrected chi connectivity index (χ4v) is 6.61. The van der Waals surface area contributed by atoms with E-state index in [0.717, 1.165) is 54.5 Å². The monoisotopic (exact) mass is 562 g/mol. The van der Waals surface area contributed by atoms with Crippen LogP contribution in [-0.2, 0) is 0 Å². The van der Waals surface area contributed by atoms with Crippen molar-refractivity contribution in [2.45, 2.75) is 174 Å². The highest BCUT2D eigenvalue weighted by atomic mass is 15.3. The number of nitrogens with one attached hydrogen (secondary N) is 1. The number of imidazole rings is 1. The fraction of sp³-hybridized carbons (Fsp3) is 0.853. The van der Waals surface area contributed by atoms with E-state index < -0.39 is 0 Å². The number of hydrogen-bond acceptors (Lipinski definition) is 4. The Morgan fingerprint density at radius 2 is 1.54 bits per heavy atom. The Kier molecular flexibility index (Phi) is 16.3. The lowest BCUT2D eigenvalue weighted by molar-refractivity contribution is 0.463. The van der Waals surface area contributed by atoms with Gasteiger partial charge in [-0.15, -0.1) is 0 Å². The van der Waals surface area contributed by atoms with Gasteiger partial charge in [0.15, 0.2) is 12.9 Å². The average molecular weight is 562 g/mol. The Bertz CT molecular complexity index is 950. The third-order valence-corrected chi connectivity index (χ3v) is 9.31. The zero-order valence-electron chi connectivity index (χ0n) is 27.4. The predicted octanol–water partition coefficient (Wildman–Crippen LogP) is 9.45. The molecule has 1 saturated carbocycles. The number of aromatic amines is 1. The summed E-state index contributed by atoms with van der Waals surface area (Å²) in [6, 6.07) is 0. The number of H-pyrrole nitrogens is 1. The highest BCUT2D eigenvalue weighted by Gasteiger charge is 2.30. The molecule has 1 aliphatic rings. The van der Waals surface area contributed by atoms with Crippen LogP contribution in [0.25, 0.3) is 11.2 Å². The van der Waals surface area contributed by atoms with Crippen molar-refractivity contribution in [3.8, 4) is 0 Å². The molecule has 1 N–H and O–H groups in total. The molecule has 2 aromatic rings. The molecule has 2 aromatic heterocycles. The quantitative estimate of drug-likeness (QED) is 0.146. The van der Waals surface area contributed by atoms with Gasteiger partial charge in [-0.2, -0.15) is 4.98 Å². The van der Waals surface area contributed by atoms with E-state index in [1.807, 2.05) is 0 Å². The summed E-state index contributed by atoms with van der Waals surface area (Å²) >= 11 is 0. The van der Waals surface area contributed by atoms with Gasteiger partial charge in [-0.3, -0.25) is 0 Å². The van der Waals surface area contributed by atoms with Crippen LogP contribution in [0.4, 0.5) is 5.95 Å². The van der Waals surface area contributed by atoms with E-state index >= 15 is 0 Å². The highest BCUT2D eigenvalue weighted by Crippen LogP contribution is 2.41. The molecular formula is C34H61B2N5. The maximum Gasteiger partial charge on any atom is 0.226 e. The van der Waals surface area contributed by atoms with Crippen LogP contribution in [-0.4, -0.2) is 47.6 Å². The van der Waals surface area contributed by atoms with Crippen LogP contribution >= 0.6 is 0 Å². The summed E-state index contributed by atoms with van der Waals surface area (Å²) in [4.78, 5) is 20.4. The van der Waals surface area contributed by atoms with E-state index in [0.29, 0.717) is 0 Å². The summed E-state index contributed by atoms with van der Waals surface area (Å²) in [5.41, 5.74) is 2.85. The Hall–Kier alpha value is -1.52. The Morgan fingerprint density at radius 3 is 2.32 bits per heavy atom. The molecule has 41 heavy (non-hydrogen) atoms. The number of fused-ring (bicyclic) bond motifs is 1. The van der Waals surface area contributed by atoms with Crippen LogP contribution in [0, 0.1) is 0 Å². The van der Waals surface area contributed by atoms with Crippen molar-refractivity contribution in [3.05, 3.63) is 6.33 Å². The smallest absolute Gasteiger partial charge is 0.226 e. The van der Waals surface area contributed by atoms with Gasteiger partial charge in [0.1, 0.15) is 7.28 Å². The highest BCUT2D eigenvalue weighted by molar-refractivity contribution is 6.58. The maximum atomic E-state index is 5.20. The van der Waals surface area contributed by atoms with Crippen molar-refractivity contribution < 1.29 is 0 Å². The normalized spacial score (nSPS) is 20.5. The molecule has 0 bridgehead atoms. The molecule has 0 aliphatic heterocycles. The van der Waals surface area contributed by atoms with Crippen molar-refractivity contribution in [1.29, 1.82) is 0 Å². The van der Waals surface area contributed by atoms with E-state index in [1.165, 1.54) is 122 Å². The van der Waals surface area contributed by atoms with Crippen LogP contribution in [0.5, 0.6) is 0 Å². The first-order valence-electron chi connectivity index (χ1n) is 17.7. The molecule has 7 heteroatoms. The second-order valence-corrected chi connectivity index (χ2v) is 13.3. The van der Waals surface area contributed by atoms with Gasteiger partial charge >= 0.3 is 0 Å². The van der Waals surface area contributed by atoms with Gasteiger partial charge < -0.3 is 9.88 Å². The second kappa shape index (κ2) is 19.6. The molecule has 5 nitrogen and oxygen atoms in total. The molecule has 2 heterocycles. The minimum atomic E-state index is 0.136. The number of rotatable bonds is 18. The molecule has 2 unspecified atom stereocenters. The summed E-state index contributed by atoms with van der Waals surface area (Å²) in [5, 5.41) is 0.136. The summed E-state index contributed by atoms with van der Waals surface area (Å²) in [7, 11) is 5.21. The molecule has 1 fully saturated rings. The summed E-state index contributed by atoms with van der Waals surface area (Å²) in [6.45, 7) is 11.3. The van der Waals surface area contributed by atoms with E-state index in [1.54, 1.807) is 6.33 Å². The number of hydrogen-bond donors (Lipinski definition) is 1. The van der Waals surface area contributed by atoms with E-state index in [2.05, 4.69) is 57.1 Å². The van der Waals surface area contributed by atoms with Crippen LogP contribution in [0.3, 0.4) is 0 Å². The van der Waals surface area contributed by atoms with Crippen LogP contribution in [0.2, 0.25) is 17.5 Å². The molecule has 3 rings (SSSR count). The molecule has 2 radical (unpaired) electrons. The minimum Gasteiger partial charge on any atom is -0.342 e. The first-order valence-corrected chi connectivity index (χ1v) is 17.7. The SMILES string of the molecule is CCCCCCCCCC[B]C1CCCCCCCC(C)([B]c2nc(N(CCC)CCCC)nc3nc[nH]c23)CC1. The molecule has 228 valence electrons.